The van der Waals surface area contributed by atoms with Gasteiger partial charge in [-0.15, -0.1) is 0 Å². The van der Waals surface area contributed by atoms with Gasteiger partial charge in [-0.1, -0.05) is 12.1 Å². The van der Waals surface area contributed by atoms with Crippen LogP contribution in [-0.4, -0.2) is 38.7 Å². The Morgan fingerprint density at radius 3 is 2.62 bits per heavy atom. The lowest BCUT2D eigenvalue weighted by Gasteiger charge is -2.27. The zero-order valence-corrected chi connectivity index (χ0v) is 14.3. The Kier molecular flexibility index (Phi) is 4.53. The summed E-state index contributed by atoms with van der Waals surface area (Å²) in [6.07, 6.45) is -1.27. The summed E-state index contributed by atoms with van der Waals surface area (Å²) < 4.78 is 31.9. The number of rotatable bonds is 4. The van der Waals surface area contributed by atoms with Crippen molar-refractivity contribution in [3.05, 3.63) is 48.0 Å². The van der Waals surface area contributed by atoms with Gasteiger partial charge in [0.15, 0.2) is 6.17 Å². The summed E-state index contributed by atoms with van der Waals surface area (Å²) >= 11 is 0. The van der Waals surface area contributed by atoms with Crippen LogP contribution in [0.15, 0.2) is 47.4 Å². The number of para-hydroxylation sites is 1. The van der Waals surface area contributed by atoms with Gasteiger partial charge in [-0.3, -0.25) is 4.79 Å². The lowest BCUT2D eigenvalue weighted by Crippen LogP contribution is -2.51. The summed E-state index contributed by atoms with van der Waals surface area (Å²) in [6.45, 7) is 0. The molecule has 1 amide bonds. The molecule has 26 heavy (non-hydrogen) atoms. The van der Waals surface area contributed by atoms with Gasteiger partial charge >= 0.3 is 5.97 Å². The van der Waals surface area contributed by atoms with Crippen molar-refractivity contribution in [2.24, 2.45) is 0 Å². The molecule has 0 aliphatic carbocycles. The first-order valence-corrected chi connectivity index (χ1v) is 8.90. The van der Waals surface area contributed by atoms with Gasteiger partial charge < -0.3 is 20.5 Å². The molecule has 2 aromatic carbocycles. The fourth-order valence-corrected chi connectivity index (χ4v) is 3.76. The molecule has 4 N–H and O–H groups in total. The summed E-state index contributed by atoms with van der Waals surface area (Å²) in [4.78, 5) is 23.7. The number of ether oxygens (including phenoxy) is 1. The number of amides is 1. The summed E-state index contributed by atoms with van der Waals surface area (Å²) in [6, 6.07) is 10.1. The number of nitrogens with one attached hydrogen (secondary N) is 3. The average molecular weight is 377 g/mol. The number of carboxylic acid groups (broad SMARTS) is 1. The summed E-state index contributed by atoms with van der Waals surface area (Å²) in [5.41, 5.74) is 0.346. The van der Waals surface area contributed by atoms with E-state index in [0.29, 0.717) is 0 Å². The normalized spacial score (nSPS) is 17.5. The minimum atomic E-state index is -3.86. The minimum absolute atomic E-state index is 0.0366. The van der Waals surface area contributed by atoms with E-state index in [4.69, 9.17) is 9.84 Å². The molecule has 2 aromatic rings. The number of carbonyl (C=O) groups excluding carboxylic acids is 1. The quantitative estimate of drug-likeness (QED) is 0.626. The van der Waals surface area contributed by atoms with Gasteiger partial charge in [-0.25, -0.2) is 13.2 Å². The molecule has 10 heteroatoms. The number of fused-ring (bicyclic) bond motifs is 1. The topological polar surface area (TPSA) is 134 Å². The monoisotopic (exact) mass is 377 g/mol. The fourth-order valence-electron chi connectivity index (χ4n) is 2.49. The smallest absolute Gasteiger partial charge is 0.335 e. The first-order chi connectivity index (χ1) is 12.3. The van der Waals surface area contributed by atoms with Crippen molar-refractivity contribution in [1.82, 2.24) is 4.72 Å². The number of aromatic carboxylic acids is 1. The van der Waals surface area contributed by atoms with Gasteiger partial charge in [0.05, 0.1) is 24.0 Å². The van der Waals surface area contributed by atoms with Crippen molar-refractivity contribution in [3.8, 4) is 5.75 Å². The molecule has 0 aromatic heterocycles. The molecule has 0 unspecified atom stereocenters. The van der Waals surface area contributed by atoms with Gasteiger partial charge in [0.1, 0.15) is 10.6 Å². The van der Waals surface area contributed by atoms with E-state index < -0.39 is 28.1 Å². The number of carboxylic acids is 1. The lowest BCUT2D eigenvalue weighted by atomic mass is 10.2. The number of methoxy groups -OCH3 is 1. The molecule has 3 rings (SSSR count). The largest absolute Gasteiger partial charge is 0.495 e. The van der Waals surface area contributed by atoms with Crippen molar-refractivity contribution in [2.45, 2.75) is 11.1 Å². The number of carbonyl (C=O) groups is 2. The molecule has 1 aliphatic heterocycles. The third kappa shape index (κ3) is 3.32. The second-order valence-corrected chi connectivity index (χ2v) is 7.09. The average Bonchev–Trinajstić information content (AvgIpc) is 2.61. The number of benzene rings is 2. The fraction of sp³-hybridized carbons (Fsp3) is 0.125. The first kappa shape index (κ1) is 17.7. The van der Waals surface area contributed by atoms with Crippen molar-refractivity contribution < 1.29 is 27.9 Å². The standard InChI is InChI=1S/C16H15N3O6S/c1-25-12-7-6-9(16(21)22)8-11(12)18-15(20)14-17-10-4-2-3-5-13(10)26(23,24)19-14/h2-8,14,17,19H,1H3,(H,18,20)(H,21,22)/t14-/m1/s1. The summed E-state index contributed by atoms with van der Waals surface area (Å²) in [7, 11) is -2.50. The molecule has 0 saturated heterocycles. The van der Waals surface area contributed by atoms with Crippen LogP contribution in [0.3, 0.4) is 0 Å². The second kappa shape index (κ2) is 6.65. The number of sulfonamides is 1. The van der Waals surface area contributed by atoms with Crippen LogP contribution in [0.25, 0.3) is 0 Å². The molecule has 0 bridgehead atoms. The molecule has 1 heterocycles. The van der Waals surface area contributed by atoms with Crippen molar-refractivity contribution in [2.75, 3.05) is 17.7 Å². The Hall–Kier alpha value is -3.11. The molecule has 0 fully saturated rings. The molecule has 1 atom stereocenters. The highest BCUT2D eigenvalue weighted by Crippen LogP contribution is 2.28. The predicted molar refractivity (Wildman–Crippen MR) is 92.8 cm³/mol. The molecule has 136 valence electrons. The second-order valence-electron chi connectivity index (χ2n) is 5.40. The summed E-state index contributed by atoms with van der Waals surface area (Å²) in [5.74, 6) is -1.65. The third-order valence-electron chi connectivity index (χ3n) is 3.72. The van der Waals surface area contributed by atoms with E-state index in [1.165, 1.54) is 31.4 Å². The Labute approximate surface area is 149 Å². The highest BCUT2D eigenvalue weighted by atomic mass is 32.2. The number of hydrogen-bond donors (Lipinski definition) is 4. The SMILES string of the molecule is COc1ccc(C(=O)O)cc1NC(=O)[C@@H]1Nc2ccccc2S(=O)(=O)N1. The molecular formula is C16H15N3O6S. The van der Waals surface area contributed by atoms with Crippen LogP contribution in [0.2, 0.25) is 0 Å². The zero-order chi connectivity index (χ0) is 18.9. The maximum absolute atomic E-state index is 12.5. The molecule has 0 radical (unpaired) electrons. The molecule has 1 aliphatic rings. The third-order valence-corrected chi connectivity index (χ3v) is 5.20. The van der Waals surface area contributed by atoms with E-state index in [1.54, 1.807) is 18.2 Å². The Bertz CT molecular complexity index is 989. The van der Waals surface area contributed by atoms with E-state index in [9.17, 15) is 18.0 Å². The van der Waals surface area contributed by atoms with Gasteiger partial charge in [0.2, 0.25) is 10.0 Å². The summed E-state index contributed by atoms with van der Waals surface area (Å²) in [5, 5.41) is 14.3. The van der Waals surface area contributed by atoms with Gasteiger partial charge in [0.25, 0.3) is 5.91 Å². The van der Waals surface area contributed by atoms with Crippen LogP contribution in [0.5, 0.6) is 5.75 Å². The van der Waals surface area contributed by atoms with Crippen molar-refractivity contribution in [1.29, 1.82) is 0 Å². The highest BCUT2D eigenvalue weighted by molar-refractivity contribution is 7.89. The van der Waals surface area contributed by atoms with E-state index >= 15 is 0 Å². The van der Waals surface area contributed by atoms with Crippen LogP contribution >= 0.6 is 0 Å². The number of anilines is 2. The molecule has 0 spiro atoms. The van der Waals surface area contributed by atoms with Crippen LogP contribution in [-0.2, 0) is 14.8 Å². The Morgan fingerprint density at radius 1 is 1.19 bits per heavy atom. The van der Waals surface area contributed by atoms with Crippen LogP contribution in [0.4, 0.5) is 11.4 Å². The van der Waals surface area contributed by atoms with E-state index in [0.717, 1.165) is 0 Å². The number of hydrogen-bond acceptors (Lipinski definition) is 6. The zero-order valence-electron chi connectivity index (χ0n) is 13.5. The van der Waals surface area contributed by atoms with E-state index in [-0.39, 0.29) is 27.6 Å². The van der Waals surface area contributed by atoms with Crippen LogP contribution in [0.1, 0.15) is 10.4 Å². The van der Waals surface area contributed by atoms with Crippen LogP contribution in [0, 0.1) is 0 Å². The van der Waals surface area contributed by atoms with E-state index in [1.807, 2.05) is 0 Å². The van der Waals surface area contributed by atoms with Gasteiger partial charge in [-0.2, -0.15) is 4.72 Å². The van der Waals surface area contributed by atoms with Crippen LogP contribution < -0.4 is 20.1 Å². The minimum Gasteiger partial charge on any atom is -0.495 e. The lowest BCUT2D eigenvalue weighted by molar-refractivity contribution is -0.117. The molecular weight excluding hydrogens is 362 g/mol. The Balaban J connectivity index is 1.88. The van der Waals surface area contributed by atoms with Gasteiger partial charge in [0, 0.05) is 0 Å². The molecule has 9 nitrogen and oxygen atoms in total. The maximum atomic E-state index is 12.5. The van der Waals surface area contributed by atoms with Crippen molar-refractivity contribution >= 4 is 33.3 Å². The molecule has 0 saturated carbocycles. The van der Waals surface area contributed by atoms with Gasteiger partial charge in [-0.05, 0) is 30.3 Å². The highest BCUT2D eigenvalue weighted by Gasteiger charge is 2.33. The maximum Gasteiger partial charge on any atom is 0.335 e. The predicted octanol–water partition coefficient (Wildman–Crippen LogP) is 1.06. The first-order valence-electron chi connectivity index (χ1n) is 7.42. The Morgan fingerprint density at radius 2 is 1.92 bits per heavy atom. The van der Waals surface area contributed by atoms with Crippen molar-refractivity contribution in [3.63, 3.8) is 0 Å². The van der Waals surface area contributed by atoms with E-state index in [2.05, 4.69) is 15.4 Å².